The van der Waals surface area contributed by atoms with E-state index in [0.717, 1.165) is 11.6 Å². The molecule has 1 heterocycles. The predicted molar refractivity (Wildman–Crippen MR) is 126 cm³/mol. The number of rotatable bonds is 6. The Kier molecular flexibility index (Phi) is 7.41. The summed E-state index contributed by atoms with van der Waals surface area (Å²) in [7, 11) is 0. The molecule has 7 heteroatoms. The van der Waals surface area contributed by atoms with Gasteiger partial charge in [-0.3, -0.25) is 0 Å². The largest absolute Gasteiger partial charge is 0.486 e. The summed E-state index contributed by atoms with van der Waals surface area (Å²) in [5.41, 5.74) is 1.37. The van der Waals surface area contributed by atoms with Gasteiger partial charge in [0.15, 0.2) is 23.2 Å². The molecule has 35 heavy (non-hydrogen) atoms. The second-order valence-corrected chi connectivity index (χ2v) is 7.70. The van der Waals surface area contributed by atoms with Gasteiger partial charge in [0.1, 0.15) is 18.2 Å². The molecule has 4 aromatic rings. The highest BCUT2D eigenvalue weighted by atomic mass is 19.2. The van der Waals surface area contributed by atoms with Gasteiger partial charge in [-0.25, -0.2) is 27.5 Å². The molecule has 0 amide bonds. The van der Waals surface area contributed by atoms with Crippen molar-refractivity contribution in [3.63, 3.8) is 0 Å². The molecular formula is C28H20F4N2O. The Labute approximate surface area is 200 Å². The van der Waals surface area contributed by atoms with Gasteiger partial charge in [-0.2, -0.15) is 0 Å². The lowest BCUT2D eigenvalue weighted by atomic mass is 10.0. The number of hydrogen-bond acceptors (Lipinski definition) is 3. The molecule has 0 aliphatic heterocycles. The minimum absolute atomic E-state index is 0.0511. The zero-order valence-corrected chi connectivity index (χ0v) is 18.8. The zero-order valence-electron chi connectivity index (χ0n) is 18.8. The van der Waals surface area contributed by atoms with E-state index in [1.54, 1.807) is 24.5 Å². The van der Waals surface area contributed by atoms with E-state index in [4.69, 9.17) is 4.74 Å². The number of aromatic nitrogens is 2. The van der Waals surface area contributed by atoms with Crippen LogP contribution in [-0.2, 0) is 12.8 Å². The molecule has 3 aromatic carbocycles. The van der Waals surface area contributed by atoms with Gasteiger partial charge in [0, 0.05) is 17.4 Å². The van der Waals surface area contributed by atoms with Crippen molar-refractivity contribution < 1.29 is 22.3 Å². The van der Waals surface area contributed by atoms with Crippen molar-refractivity contribution in [1.29, 1.82) is 0 Å². The molecule has 3 nitrogen and oxygen atoms in total. The summed E-state index contributed by atoms with van der Waals surface area (Å²) >= 11 is 0. The van der Waals surface area contributed by atoms with Crippen LogP contribution in [0.25, 0.3) is 10.8 Å². The van der Waals surface area contributed by atoms with Crippen LogP contribution in [0.15, 0.2) is 67.0 Å². The van der Waals surface area contributed by atoms with E-state index in [-0.39, 0.29) is 16.3 Å². The smallest absolute Gasteiger partial charge is 0.195 e. The van der Waals surface area contributed by atoms with E-state index >= 15 is 0 Å². The lowest BCUT2D eigenvalue weighted by Gasteiger charge is -2.05. The lowest BCUT2D eigenvalue weighted by molar-refractivity contribution is 0.359. The number of allylic oxidation sites excluding steroid dienone is 1. The third-order valence-corrected chi connectivity index (χ3v) is 5.25. The minimum Gasteiger partial charge on any atom is -0.486 e. The summed E-state index contributed by atoms with van der Waals surface area (Å²) in [5.74, 6) is 2.19. The van der Waals surface area contributed by atoms with E-state index in [0.29, 0.717) is 36.6 Å². The van der Waals surface area contributed by atoms with Gasteiger partial charge in [-0.15, -0.1) is 0 Å². The van der Waals surface area contributed by atoms with E-state index in [9.17, 15) is 17.6 Å². The zero-order chi connectivity index (χ0) is 24.8. The number of nitrogens with zero attached hydrogens (tertiary/aromatic N) is 2. The van der Waals surface area contributed by atoms with Crippen molar-refractivity contribution in [2.45, 2.75) is 19.8 Å². The number of halogens is 4. The molecule has 4 rings (SSSR count). The minimum atomic E-state index is -1.52. The maximum Gasteiger partial charge on any atom is 0.195 e. The highest BCUT2D eigenvalue weighted by Crippen LogP contribution is 2.24. The molecule has 1 aromatic heterocycles. The monoisotopic (exact) mass is 476 g/mol. The maximum atomic E-state index is 14.6. The van der Waals surface area contributed by atoms with Crippen LogP contribution in [0, 0.1) is 35.1 Å². The molecular weight excluding hydrogens is 456 g/mol. The third kappa shape index (κ3) is 5.85. The molecule has 0 saturated heterocycles. The van der Waals surface area contributed by atoms with Crippen LogP contribution in [0.3, 0.4) is 0 Å². The van der Waals surface area contributed by atoms with Crippen LogP contribution in [0.2, 0.25) is 0 Å². The maximum absolute atomic E-state index is 14.6. The van der Waals surface area contributed by atoms with E-state index in [2.05, 4.69) is 21.8 Å². The van der Waals surface area contributed by atoms with Crippen molar-refractivity contribution in [2.75, 3.05) is 6.61 Å². The quantitative estimate of drug-likeness (QED) is 0.141. The molecule has 0 atom stereocenters. The Morgan fingerprint density at radius 1 is 0.857 bits per heavy atom. The van der Waals surface area contributed by atoms with Crippen molar-refractivity contribution in [3.8, 4) is 17.6 Å². The first kappa shape index (κ1) is 24.0. The molecule has 0 N–H and O–H groups in total. The summed E-state index contributed by atoms with van der Waals surface area (Å²) in [5, 5.41) is 0.119. The van der Waals surface area contributed by atoms with Crippen LogP contribution >= 0.6 is 0 Å². The fourth-order valence-corrected chi connectivity index (χ4v) is 3.38. The Balaban J connectivity index is 1.42. The Bertz CT molecular complexity index is 1450. The summed E-state index contributed by atoms with van der Waals surface area (Å²) in [4.78, 5) is 8.54. The summed E-state index contributed by atoms with van der Waals surface area (Å²) < 4.78 is 60.8. The molecule has 0 fully saturated rings. The SMILES string of the molecule is C/C=C/COc1cnc(CCc2ccc(C#Cc3ccc4c(F)c(F)c(F)cc4c3)c(F)c2)nc1. The van der Waals surface area contributed by atoms with Crippen LogP contribution in [-0.4, -0.2) is 16.6 Å². The average molecular weight is 476 g/mol. The van der Waals surface area contributed by atoms with Crippen molar-refractivity contribution in [3.05, 3.63) is 113 Å². The summed E-state index contributed by atoms with van der Waals surface area (Å²) in [6, 6.07) is 9.88. The number of ether oxygens (including phenoxy) is 1. The highest BCUT2D eigenvalue weighted by Gasteiger charge is 2.13. The first-order valence-corrected chi connectivity index (χ1v) is 10.9. The van der Waals surface area contributed by atoms with Crippen molar-refractivity contribution >= 4 is 10.8 Å². The van der Waals surface area contributed by atoms with Crippen LogP contribution in [0.1, 0.15) is 29.4 Å². The first-order chi connectivity index (χ1) is 16.9. The van der Waals surface area contributed by atoms with Gasteiger partial charge < -0.3 is 4.74 Å². The van der Waals surface area contributed by atoms with Gasteiger partial charge in [0.25, 0.3) is 0 Å². The number of fused-ring (bicyclic) bond motifs is 1. The van der Waals surface area contributed by atoms with E-state index < -0.39 is 23.3 Å². The topological polar surface area (TPSA) is 35.0 Å². The molecule has 0 radical (unpaired) electrons. The van der Waals surface area contributed by atoms with Crippen LogP contribution in [0.5, 0.6) is 5.75 Å². The normalized spacial score (nSPS) is 11.0. The predicted octanol–water partition coefficient (Wildman–Crippen LogP) is 6.33. The lowest BCUT2D eigenvalue weighted by Crippen LogP contribution is -2.00. The standard InChI is InChI=1S/C28H20F4N2O/c1-2-3-12-35-22-16-33-26(34-17-22)11-7-19-5-9-20(24(29)14-19)8-4-18-6-10-23-21(13-18)15-25(30)28(32)27(23)31/h2-3,5-6,9-10,13-17H,7,11-12H2,1H3/b3-2+. The Morgan fingerprint density at radius 3 is 2.40 bits per heavy atom. The molecule has 0 spiro atoms. The number of aryl methyl sites for hydroxylation is 2. The van der Waals surface area contributed by atoms with Crippen LogP contribution in [0.4, 0.5) is 17.6 Å². The molecule has 0 aliphatic carbocycles. The van der Waals surface area contributed by atoms with Crippen molar-refractivity contribution in [1.82, 2.24) is 9.97 Å². The second-order valence-electron chi connectivity index (χ2n) is 7.70. The fraction of sp³-hybridized carbons (Fsp3) is 0.143. The fourth-order valence-electron chi connectivity index (χ4n) is 3.38. The molecule has 0 unspecified atom stereocenters. The average Bonchev–Trinajstić information content (AvgIpc) is 2.86. The second kappa shape index (κ2) is 10.8. The molecule has 0 aliphatic rings. The Hall–Kier alpha value is -4.18. The summed E-state index contributed by atoms with van der Waals surface area (Å²) in [6.45, 7) is 2.36. The number of hydrogen-bond donors (Lipinski definition) is 0. The van der Waals surface area contributed by atoms with Crippen LogP contribution < -0.4 is 4.74 Å². The van der Waals surface area contributed by atoms with E-state index in [1.807, 2.05) is 19.1 Å². The van der Waals surface area contributed by atoms with Gasteiger partial charge >= 0.3 is 0 Å². The third-order valence-electron chi connectivity index (χ3n) is 5.25. The summed E-state index contributed by atoms with van der Waals surface area (Å²) in [6.07, 6.45) is 8.06. The molecule has 176 valence electrons. The highest BCUT2D eigenvalue weighted by molar-refractivity contribution is 5.84. The van der Waals surface area contributed by atoms with E-state index in [1.165, 1.54) is 24.3 Å². The molecule has 0 bridgehead atoms. The first-order valence-electron chi connectivity index (χ1n) is 10.9. The molecule has 0 saturated carbocycles. The number of benzene rings is 3. The van der Waals surface area contributed by atoms with Gasteiger partial charge in [0.2, 0.25) is 0 Å². The Morgan fingerprint density at radius 2 is 1.66 bits per heavy atom. The van der Waals surface area contributed by atoms with Crippen molar-refractivity contribution in [2.24, 2.45) is 0 Å². The van der Waals surface area contributed by atoms with Gasteiger partial charge in [0.05, 0.1) is 18.0 Å². The van der Waals surface area contributed by atoms with Gasteiger partial charge in [-0.1, -0.05) is 36.1 Å². The van der Waals surface area contributed by atoms with Gasteiger partial charge in [-0.05, 0) is 54.6 Å².